The van der Waals surface area contributed by atoms with Crippen LogP contribution in [0.3, 0.4) is 0 Å². The number of hydrogen-bond acceptors (Lipinski definition) is 5. The lowest BCUT2D eigenvalue weighted by Gasteiger charge is -2.30. The van der Waals surface area contributed by atoms with E-state index < -0.39 is 0 Å². The lowest BCUT2D eigenvalue weighted by molar-refractivity contribution is -0.0159. The fourth-order valence-corrected chi connectivity index (χ4v) is 3.86. The molecule has 1 fully saturated rings. The maximum absolute atomic E-state index is 5.75. The molecule has 0 radical (unpaired) electrons. The number of ether oxygens (including phenoxy) is 1. The molecule has 5 heteroatoms. The van der Waals surface area contributed by atoms with Crippen LogP contribution in [0.15, 0.2) is 4.99 Å². The Labute approximate surface area is 121 Å². The summed E-state index contributed by atoms with van der Waals surface area (Å²) in [5, 5.41) is 5.19. The van der Waals surface area contributed by atoms with Crippen LogP contribution < -0.4 is 5.32 Å². The minimum absolute atomic E-state index is 0.295. The summed E-state index contributed by atoms with van der Waals surface area (Å²) >= 11 is 1.90. The normalized spacial score (nSPS) is 29.4. The molecule has 0 aromatic carbocycles. The number of thioether (sulfide) groups is 1. The number of rotatable bonds is 3. The van der Waals surface area contributed by atoms with Crippen molar-refractivity contribution >= 4 is 16.9 Å². The number of aliphatic imine (C=N–C) groups is 1. The Morgan fingerprint density at radius 2 is 2.26 bits per heavy atom. The summed E-state index contributed by atoms with van der Waals surface area (Å²) in [6.07, 6.45) is 1.51. The van der Waals surface area contributed by atoms with E-state index in [9.17, 15) is 0 Å². The van der Waals surface area contributed by atoms with Gasteiger partial charge in [-0.1, -0.05) is 32.5 Å². The molecule has 0 saturated carbocycles. The summed E-state index contributed by atoms with van der Waals surface area (Å²) in [7, 11) is 2.15. The van der Waals surface area contributed by atoms with E-state index in [0.29, 0.717) is 16.8 Å². The van der Waals surface area contributed by atoms with Gasteiger partial charge in [0, 0.05) is 24.9 Å². The monoisotopic (exact) mass is 285 g/mol. The summed E-state index contributed by atoms with van der Waals surface area (Å²) in [5.41, 5.74) is 0.387. The van der Waals surface area contributed by atoms with Crippen LogP contribution in [0.5, 0.6) is 0 Å². The standard InChI is InChI=1S/C14H27N3OS/c1-14(2,3)7-12-9-16-13(19-12)15-8-11-10-17(4)5-6-18-11/h11-12H,5-10H2,1-4H3,(H,15,16). The molecule has 0 spiro atoms. The topological polar surface area (TPSA) is 36.9 Å². The summed E-state index contributed by atoms with van der Waals surface area (Å²) in [4.78, 5) is 6.93. The van der Waals surface area contributed by atoms with Gasteiger partial charge in [0.1, 0.15) is 0 Å². The number of nitrogens with zero attached hydrogens (tertiary/aromatic N) is 2. The molecule has 1 N–H and O–H groups in total. The van der Waals surface area contributed by atoms with Crippen LogP contribution >= 0.6 is 11.8 Å². The average Bonchev–Trinajstić information content (AvgIpc) is 2.72. The first-order chi connectivity index (χ1) is 8.92. The van der Waals surface area contributed by atoms with E-state index in [0.717, 1.165) is 38.0 Å². The molecule has 0 aliphatic carbocycles. The highest BCUT2D eigenvalue weighted by atomic mass is 32.2. The van der Waals surface area contributed by atoms with Gasteiger partial charge in [0.25, 0.3) is 0 Å². The fourth-order valence-electron chi connectivity index (χ4n) is 2.50. The van der Waals surface area contributed by atoms with Crippen molar-refractivity contribution in [3.8, 4) is 0 Å². The lowest BCUT2D eigenvalue weighted by atomic mass is 9.90. The maximum Gasteiger partial charge on any atom is 0.157 e. The number of nitrogens with one attached hydrogen (secondary N) is 1. The molecule has 0 aromatic rings. The van der Waals surface area contributed by atoms with Crippen LogP contribution in [0, 0.1) is 5.41 Å². The maximum atomic E-state index is 5.75. The van der Waals surface area contributed by atoms with Gasteiger partial charge in [-0.3, -0.25) is 4.99 Å². The van der Waals surface area contributed by atoms with E-state index in [1.54, 1.807) is 0 Å². The van der Waals surface area contributed by atoms with E-state index in [1.165, 1.54) is 6.42 Å². The van der Waals surface area contributed by atoms with Crippen LogP contribution in [0.25, 0.3) is 0 Å². The molecule has 2 rings (SSSR count). The number of hydrogen-bond donors (Lipinski definition) is 1. The second-order valence-electron chi connectivity index (χ2n) is 6.79. The first-order valence-corrected chi connectivity index (χ1v) is 8.05. The smallest absolute Gasteiger partial charge is 0.157 e. The first-order valence-electron chi connectivity index (χ1n) is 7.17. The van der Waals surface area contributed by atoms with E-state index in [-0.39, 0.29) is 0 Å². The largest absolute Gasteiger partial charge is 0.374 e. The van der Waals surface area contributed by atoms with Gasteiger partial charge in [-0.05, 0) is 18.9 Å². The second kappa shape index (κ2) is 6.46. The molecule has 2 aliphatic heterocycles. The molecule has 2 aliphatic rings. The third kappa shape index (κ3) is 5.32. The third-order valence-corrected chi connectivity index (χ3v) is 4.53. The third-order valence-electron chi connectivity index (χ3n) is 3.38. The number of amidine groups is 1. The molecule has 2 atom stereocenters. The van der Waals surface area contributed by atoms with Gasteiger partial charge in [0.05, 0.1) is 19.3 Å². The molecule has 2 heterocycles. The van der Waals surface area contributed by atoms with Crippen LogP contribution in [-0.2, 0) is 4.74 Å². The van der Waals surface area contributed by atoms with Crippen molar-refractivity contribution in [3.63, 3.8) is 0 Å². The highest BCUT2D eigenvalue weighted by Crippen LogP contribution is 2.31. The Balaban J connectivity index is 1.67. The SMILES string of the molecule is CN1CCOC(CNC2=NCC(CC(C)(C)C)S2)C1. The van der Waals surface area contributed by atoms with Crippen molar-refractivity contribution in [1.82, 2.24) is 10.2 Å². The minimum atomic E-state index is 0.295. The lowest BCUT2D eigenvalue weighted by Crippen LogP contribution is -2.45. The van der Waals surface area contributed by atoms with Gasteiger partial charge in [-0.15, -0.1) is 0 Å². The van der Waals surface area contributed by atoms with Gasteiger partial charge in [0.15, 0.2) is 5.17 Å². The summed E-state index contributed by atoms with van der Waals surface area (Å²) in [6, 6.07) is 0. The van der Waals surface area contributed by atoms with Gasteiger partial charge in [-0.25, -0.2) is 0 Å². The Kier molecular flexibility index (Phi) is 5.15. The van der Waals surface area contributed by atoms with Gasteiger partial charge in [-0.2, -0.15) is 0 Å². The molecule has 0 amide bonds. The molecule has 110 valence electrons. The molecule has 4 nitrogen and oxygen atoms in total. The quantitative estimate of drug-likeness (QED) is 0.858. The Morgan fingerprint density at radius 1 is 1.47 bits per heavy atom. The van der Waals surface area contributed by atoms with E-state index in [4.69, 9.17) is 4.74 Å². The van der Waals surface area contributed by atoms with Crippen molar-refractivity contribution in [2.45, 2.75) is 38.5 Å². The zero-order valence-electron chi connectivity index (χ0n) is 12.6. The Bertz CT molecular complexity index is 327. The molecule has 19 heavy (non-hydrogen) atoms. The van der Waals surface area contributed by atoms with Gasteiger partial charge >= 0.3 is 0 Å². The average molecular weight is 285 g/mol. The van der Waals surface area contributed by atoms with Crippen LogP contribution in [0.1, 0.15) is 27.2 Å². The van der Waals surface area contributed by atoms with Crippen molar-refractivity contribution in [1.29, 1.82) is 0 Å². The van der Waals surface area contributed by atoms with E-state index in [1.807, 2.05) is 11.8 Å². The van der Waals surface area contributed by atoms with Crippen LogP contribution in [0.4, 0.5) is 0 Å². The predicted molar refractivity (Wildman–Crippen MR) is 83.0 cm³/mol. The minimum Gasteiger partial charge on any atom is -0.374 e. The molecule has 2 unspecified atom stereocenters. The molecular weight excluding hydrogens is 258 g/mol. The van der Waals surface area contributed by atoms with Crippen LogP contribution in [0.2, 0.25) is 0 Å². The first kappa shape index (κ1) is 15.1. The summed E-state index contributed by atoms with van der Waals surface area (Å²) in [6.45, 7) is 11.6. The van der Waals surface area contributed by atoms with Crippen molar-refractivity contribution in [2.75, 3.05) is 39.8 Å². The number of likely N-dealkylation sites (N-methyl/N-ethyl adjacent to an activating group) is 1. The zero-order valence-corrected chi connectivity index (χ0v) is 13.4. The highest BCUT2D eigenvalue weighted by Gasteiger charge is 2.25. The Morgan fingerprint density at radius 3 is 2.95 bits per heavy atom. The van der Waals surface area contributed by atoms with Crippen molar-refractivity contribution in [2.24, 2.45) is 10.4 Å². The Hall–Kier alpha value is -0.260. The van der Waals surface area contributed by atoms with E-state index >= 15 is 0 Å². The molecule has 0 bridgehead atoms. The van der Waals surface area contributed by atoms with E-state index in [2.05, 4.69) is 43.0 Å². The number of morpholine rings is 1. The summed E-state index contributed by atoms with van der Waals surface area (Å²) in [5.74, 6) is 0. The molecule has 0 aromatic heterocycles. The summed E-state index contributed by atoms with van der Waals surface area (Å²) < 4.78 is 5.75. The van der Waals surface area contributed by atoms with Crippen molar-refractivity contribution in [3.05, 3.63) is 0 Å². The van der Waals surface area contributed by atoms with Gasteiger partial charge in [0.2, 0.25) is 0 Å². The van der Waals surface area contributed by atoms with Gasteiger partial charge < -0.3 is 15.0 Å². The molecule has 1 saturated heterocycles. The molecular formula is C14H27N3OS. The predicted octanol–water partition coefficient (Wildman–Crippen LogP) is 1.81. The highest BCUT2D eigenvalue weighted by molar-refractivity contribution is 8.14. The van der Waals surface area contributed by atoms with Crippen molar-refractivity contribution < 1.29 is 4.74 Å². The fraction of sp³-hybridized carbons (Fsp3) is 0.929. The second-order valence-corrected chi connectivity index (χ2v) is 8.08. The van der Waals surface area contributed by atoms with Crippen LogP contribution in [-0.4, -0.2) is 61.3 Å². The zero-order chi connectivity index (χ0) is 13.9.